The Morgan fingerprint density at radius 1 is 1.21 bits per heavy atom. The van der Waals surface area contributed by atoms with E-state index in [2.05, 4.69) is 62.5 Å². The molecule has 0 radical (unpaired) electrons. The summed E-state index contributed by atoms with van der Waals surface area (Å²) < 4.78 is 6.66. The second kappa shape index (κ2) is 7.06. The smallest absolute Gasteiger partial charge is 0.229 e. The van der Waals surface area contributed by atoms with Crippen LogP contribution < -0.4 is 0 Å². The molecule has 5 rings (SSSR count). The van der Waals surface area contributed by atoms with Crippen LogP contribution in [0.15, 0.2) is 52.8 Å². The number of amides is 1. The van der Waals surface area contributed by atoms with E-state index >= 15 is 0 Å². The number of rotatable bonds is 4. The van der Waals surface area contributed by atoms with Gasteiger partial charge in [-0.1, -0.05) is 57.2 Å². The van der Waals surface area contributed by atoms with Crippen LogP contribution in [0.1, 0.15) is 50.0 Å². The monoisotopic (exact) mass is 408 g/mol. The molecular weight excluding hydrogens is 380 g/mol. The number of benzene rings is 1. The minimum absolute atomic E-state index is 0.0289. The van der Waals surface area contributed by atoms with E-state index in [1.165, 1.54) is 10.4 Å². The highest BCUT2D eigenvalue weighted by Gasteiger charge is 2.62. The van der Waals surface area contributed by atoms with Crippen LogP contribution in [0.4, 0.5) is 0 Å². The van der Waals surface area contributed by atoms with Gasteiger partial charge in [0.2, 0.25) is 5.91 Å². The fourth-order valence-corrected chi connectivity index (χ4v) is 5.97. The van der Waals surface area contributed by atoms with Crippen LogP contribution in [0.2, 0.25) is 0 Å². The molecule has 1 aromatic heterocycles. The summed E-state index contributed by atoms with van der Waals surface area (Å²) in [5, 5.41) is 2.07. The van der Waals surface area contributed by atoms with E-state index in [0.717, 1.165) is 18.6 Å². The van der Waals surface area contributed by atoms with Crippen molar-refractivity contribution in [2.45, 2.75) is 58.0 Å². The summed E-state index contributed by atoms with van der Waals surface area (Å²) in [6.45, 7) is 7.14. The van der Waals surface area contributed by atoms with Crippen LogP contribution in [0, 0.1) is 17.8 Å². The van der Waals surface area contributed by atoms with Gasteiger partial charge in [-0.05, 0) is 35.3 Å². The molecule has 1 aromatic carbocycles. The predicted octanol–water partition coefficient (Wildman–Crippen LogP) is 5.07. The highest BCUT2D eigenvalue weighted by atomic mass is 32.1. The molecule has 0 unspecified atom stereocenters. The number of likely N-dealkylation sites (tertiary alicyclic amines) is 1. The van der Waals surface area contributed by atoms with Crippen molar-refractivity contribution >= 4 is 23.0 Å². The summed E-state index contributed by atoms with van der Waals surface area (Å²) in [5.74, 6) is 1.03. The van der Waals surface area contributed by atoms with Crippen molar-refractivity contribution < 1.29 is 9.53 Å². The Labute approximate surface area is 176 Å². The molecule has 1 aliphatic carbocycles. The lowest BCUT2D eigenvalue weighted by Gasteiger charge is -2.37. The van der Waals surface area contributed by atoms with E-state index < -0.39 is 5.72 Å². The molecule has 152 valence electrons. The first-order chi connectivity index (χ1) is 14.0. The van der Waals surface area contributed by atoms with Gasteiger partial charge in [-0.3, -0.25) is 9.79 Å². The third-order valence-corrected chi connectivity index (χ3v) is 7.80. The number of carbonyl (C=O) groups is 1. The zero-order valence-electron chi connectivity index (χ0n) is 17.2. The van der Waals surface area contributed by atoms with E-state index in [1.807, 2.05) is 11.0 Å². The van der Waals surface area contributed by atoms with Crippen molar-refractivity contribution in [3.05, 3.63) is 58.3 Å². The van der Waals surface area contributed by atoms with Gasteiger partial charge in [-0.25, -0.2) is 0 Å². The fourth-order valence-electron chi connectivity index (χ4n) is 5.28. The maximum Gasteiger partial charge on any atom is 0.229 e. The summed E-state index contributed by atoms with van der Waals surface area (Å²) >= 11 is 1.70. The van der Waals surface area contributed by atoms with Crippen molar-refractivity contribution in [3.8, 4) is 0 Å². The lowest BCUT2D eigenvalue weighted by Crippen LogP contribution is -2.52. The van der Waals surface area contributed by atoms with Crippen LogP contribution >= 0.6 is 11.3 Å². The number of carbonyl (C=O) groups excluding carboxylic acids is 1. The summed E-state index contributed by atoms with van der Waals surface area (Å²) in [6, 6.07) is 14.8. The first-order valence-corrected chi connectivity index (χ1v) is 11.5. The van der Waals surface area contributed by atoms with Gasteiger partial charge in [0.05, 0.1) is 12.3 Å². The molecular formula is C24H28N2O2S. The van der Waals surface area contributed by atoms with E-state index in [-0.39, 0.29) is 29.9 Å². The number of thiophene rings is 1. The largest absolute Gasteiger partial charge is 0.325 e. The number of hydrogen-bond donors (Lipinski definition) is 0. The molecule has 1 saturated heterocycles. The van der Waals surface area contributed by atoms with E-state index in [0.29, 0.717) is 12.5 Å². The quantitative estimate of drug-likeness (QED) is 0.709. The summed E-state index contributed by atoms with van der Waals surface area (Å²) in [6.07, 6.45) is 1.41. The molecule has 2 aromatic rings. The number of nitrogens with zero attached hydrogens (tertiary/aromatic N) is 2. The summed E-state index contributed by atoms with van der Waals surface area (Å²) in [5.41, 5.74) is 1.70. The molecule has 0 N–H and O–H groups in total. The standard InChI is InChI=1S/C24H28N2O2S/c1-15(2)22-25-21-12-19(17-8-5-4-6-9-17)16(3)20-13-24(21,28-22)26(23(20)27)14-18-10-7-11-29-18/h4-11,15-16,19-20,22H,12-14H2,1-3H3/t16-,19+,20+,22-,24+/m1/s1. The third-order valence-electron chi connectivity index (χ3n) is 6.94. The van der Waals surface area contributed by atoms with Crippen molar-refractivity contribution in [1.29, 1.82) is 0 Å². The number of hydrogen-bond acceptors (Lipinski definition) is 4. The van der Waals surface area contributed by atoms with Crippen molar-refractivity contribution in [1.82, 2.24) is 4.90 Å². The highest BCUT2D eigenvalue weighted by molar-refractivity contribution is 7.09. The maximum atomic E-state index is 13.7. The molecule has 29 heavy (non-hydrogen) atoms. The molecule has 2 bridgehead atoms. The van der Waals surface area contributed by atoms with E-state index in [9.17, 15) is 4.79 Å². The topological polar surface area (TPSA) is 41.9 Å². The molecule has 5 heteroatoms. The Bertz CT molecular complexity index is 924. The molecule has 2 fully saturated rings. The number of ether oxygens (including phenoxy) is 1. The molecule has 5 atom stereocenters. The zero-order chi connectivity index (χ0) is 20.2. The second-order valence-electron chi connectivity index (χ2n) is 9.01. The number of aliphatic imine (C=N–C) groups is 1. The minimum Gasteiger partial charge on any atom is -0.325 e. The van der Waals surface area contributed by atoms with Gasteiger partial charge in [0, 0.05) is 23.1 Å². The molecule has 1 saturated carbocycles. The van der Waals surface area contributed by atoms with Crippen LogP contribution in [0.25, 0.3) is 0 Å². The van der Waals surface area contributed by atoms with Crippen LogP contribution in [-0.4, -0.2) is 28.5 Å². The second-order valence-corrected chi connectivity index (χ2v) is 10.0. The first kappa shape index (κ1) is 19.0. The SMILES string of the molecule is CC(C)[C@@H]1N=C2C[C@H](c3ccccc3)[C@@H](C)[C@@H]3C[C@@]2(O1)N(Cc1cccs1)C3=O. The van der Waals surface area contributed by atoms with Gasteiger partial charge in [-0.2, -0.15) is 0 Å². The first-order valence-electron chi connectivity index (χ1n) is 10.6. The average Bonchev–Trinajstić information content (AvgIpc) is 3.40. The molecule has 2 aliphatic heterocycles. The van der Waals surface area contributed by atoms with Gasteiger partial charge in [0.15, 0.2) is 12.0 Å². The fraction of sp³-hybridized carbons (Fsp3) is 0.500. The van der Waals surface area contributed by atoms with Gasteiger partial charge in [0.25, 0.3) is 0 Å². The molecule has 3 aliphatic rings. The highest BCUT2D eigenvalue weighted by Crippen LogP contribution is 2.53. The van der Waals surface area contributed by atoms with Crippen LogP contribution in [0.5, 0.6) is 0 Å². The molecule has 4 nitrogen and oxygen atoms in total. The van der Waals surface area contributed by atoms with Crippen molar-refractivity contribution in [3.63, 3.8) is 0 Å². The van der Waals surface area contributed by atoms with Crippen molar-refractivity contribution in [2.24, 2.45) is 22.7 Å². The Hall–Kier alpha value is -1.98. The minimum atomic E-state index is -0.668. The average molecular weight is 409 g/mol. The number of fused-ring (bicyclic) bond motifs is 1. The lowest BCUT2D eigenvalue weighted by molar-refractivity contribution is -0.153. The Morgan fingerprint density at radius 3 is 2.69 bits per heavy atom. The Kier molecular flexibility index (Phi) is 4.63. The van der Waals surface area contributed by atoms with Crippen LogP contribution in [0.3, 0.4) is 0 Å². The van der Waals surface area contributed by atoms with Gasteiger partial charge in [-0.15, -0.1) is 11.3 Å². The predicted molar refractivity (Wildman–Crippen MR) is 116 cm³/mol. The molecule has 3 heterocycles. The Balaban J connectivity index is 1.58. The van der Waals surface area contributed by atoms with E-state index in [1.54, 1.807) is 11.3 Å². The molecule has 1 amide bonds. The normalized spacial score (nSPS) is 33.7. The van der Waals surface area contributed by atoms with Crippen LogP contribution in [-0.2, 0) is 16.1 Å². The van der Waals surface area contributed by atoms with Crippen molar-refractivity contribution in [2.75, 3.05) is 0 Å². The van der Waals surface area contributed by atoms with Gasteiger partial charge >= 0.3 is 0 Å². The maximum absolute atomic E-state index is 13.7. The van der Waals surface area contributed by atoms with Gasteiger partial charge in [0.1, 0.15) is 0 Å². The lowest BCUT2D eigenvalue weighted by atomic mass is 9.78. The summed E-state index contributed by atoms with van der Waals surface area (Å²) in [7, 11) is 0. The van der Waals surface area contributed by atoms with Gasteiger partial charge < -0.3 is 9.64 Å². The Morgan fingerprint density at radius 2 is 2.00 bits per heavy atom. The van der Waals surface area contributed by atoms with E-state index in [4.69, 9.17) is 9.73 Å². The third kappa shape index (κ3) is 2.98. The molecule has 1 spiro atoms. The summed E-state index contributed by atoms with van der Waals surface area (Å²) in [4.78, 5) is 21.9. The zero-order valence-corrected chi connectivity index (χ0v) is 18.1.